The number of morpholine rings is 1. The Balaban J connectivity index is 1.44. The van der Waals surface area contributed by atoms with Gasteiger partial charge in [-0.15, -0.1) is 0 Å². The first-order valence-electron chi connectivity index (χ1n) is 13.1. The number of fused-ring (bicyclic) bond motifs is 7. The zero-order chi connectivity index (χ0) is 26.8. The fourth-order valence-corrected chi connectivity index (χ4v) is 5.19. The number of imidazole rings is 1. The number of ether oxygens (including phenoxy) is 3. The average Bonchev–Trinajstić information content (AvgIpc) is 3.62. The molecule has 2 aromatic heterocycles. The Labute approximate surface area is 227 Å². The third-order valence-corrected chi connectivity index (χ3v) is 7.12. The van der Waals surface area contributed by atoms with E-state index in [2.05, 4.69) is 37.7 Å². The second kappa shape index (κ2) is 10.9. The highest BCUT2D eigenvalue weighted by Crippen LogP contribution is 2.33. The molecule has 0 atom stereocenters. The summed E-state index contributed by atoms with van der Waals surface area (Å²) in [5.41, 5.74) is 4.67. The highest BCUT2D eigenvalue weighted by molar-refractivity contribution is 5.93. The van der Waals surface area contributed by atoms with E-state index in [4.69, 9.17) is 14.2 Å². The largest absolute Gasteiger partial charge is 0.493 e. The molecule has 0 unspecified atom stereocenters. The molecular formula is C29H32N6O4. The van der Waals surface area contributed by atoms with Gasteiger partial charge in [0.1, 0.15) is 12.4 Å². The van der Waals surface area contributed by atoms with E-state index in [1.54, 1.807) is 30.4 Å². The van der Waals surface area contributed by atoms with Gasteiger partial charge in [-0.25, -0.2) is 4.98 Å². The van der Waals surface area contributed by atoms with Gasteiger partial charge in [-0.05, 0) is 41.5 Å². The normalized spacial score (nSPS) is 15.9. The Hall–Kier alpha value is -4.15. The molecule has 0 radical (unpaired) electrons. The lowest BCUT2D eigenvalue weighted by Gasteiger charge is -2.27. The number of hydrogen-bond acceptors (Lipinski definition) is 7. The Morgan fingerprint density at radius 2 is 1.95 bits per heavy atom. The molecule has 4 bridgehead atoms. The van der Waals surface area contributed by atoms with Crippen molar-refractivity contribution in [2.24, 2.45) is 7.05 Å². The zero-order valence-electron chi connectivity index (χ0n) is 22.2. The first-order chi connectivity index (χ1) is 19.1. The third kappa shape index (κ3) is 5.39. The smallest absolute Gasteiger partial charge is 0.257 e. The van der Waals surface area contributed by atoms with Crippen molar-refractivity contribution < 1.29 is 19.0 Å². The Morgan fingerprint density at radius 1 is 1.08 bits per heavy atom. The molecule has 0 N–H and O–H groups in total. The maximum absolute atomic E-state index is 13.6. The van der Waals surface area contributed by atoms with Gasteiger partial charge in [-0.2, -0.15) is 5.10 Å². The minimum atomic E-state index is -0.0919. The van der Waals surface area contributed by atoms with Gasteiger partial charge in [0, 0.05) is 63.1 Å². The predicted molar refractivity (Wildman–Crippen MR) is 145 cm³/mol. The van der Waals surface area contributed by atoms with Gasteiger partial charge in [0.2, 0.25) is 0 Å². The monoisotopic (exact) mass is 528 g/mol. The molecule has 4 heterocycles. The second-order valence-corrected chi connectivity index (χ2v) is 9.86. The fourth-order valence-electron chi connectivity index (χ4n) is 5.19. The molecule has 10 nitrogen and oxygen atoms in total. The summed E-state index contributed by atoms with van der Waals surface area (Å²) in [5.74, 6) is 1.95. The second-order valence-electron chi connectivity index (χ2n) is 9.86. The van der Waals surface area contributed by atoms with Gasteiger partial charge in [0.25, 0.3) is 5.91 Å². The summed E-state index contributed by atoms with van der Waals surface area (Å²) < 4.78 is 21.0. The van der Waals surface area contributed by atoms with Gasteiger partial charge < -0.3 is 19.1 Å². The van der Waals surface area contributed by atoms with Crippen LogP contribution < -0.4 is 9.47 Å². The van der Waals surface area contributed by atoms with Crippen molar-refractivity contribution in [3.8, 4) is 28.6 Å². The van der Waals surface area contributed by atoms with Gasteiger partial charge in [-0.1, -0.05) is 6.07 Å². The molecule has 1 fully saturated rings. The number of methoxy groups -OCH3 is 1. The summed E-state index contributed by atoms with van der Waals surface area (Å²) in [4.78, 5) is 22.5. The quantitative estimate of drug-likeness (QED) is 0.402. The number of aromatic nitrogens is 4. The number of carbonyl (C=O) groups excluding carboxylic acids is 1. The number of benzene rings is 2. The number of amides is 1. The van der Waals surface area contributed by atoms with Gasteiger partial charge in [0.05, 0.1) is 38.6 Å². The van der Waals surface area contributed by atoms with Crippen molar-refractivity contribution in [3.05, 3.63) is 77.9 Å². The van der Waals surface area contributed by atoms with Crippen LogP contribution in [0.3, 0.4) is 0 Å². The van der Waals surface area contributed by atoms with Crippen molar-refractivity contribution in [1.29, 1.82) is 0 Å². The Bertz CT molecular complexity index is 1470. The average molecular weight is 529 g/mol. The lowest BCUT2D eigenvalue weighted by Crippen LogP contribution is -2.36. The number of hydrogen-bond donors (Lipinski definition) is 0. The summed E-state index contributed by atoms with van der Waals surface area (Å²) in [6, 6.07) is 12.4. The maximum atomic E-state index is 13.6. The lowest BCUT2D eigenvalue weighted by atomic mass is 10.1. The van der Waals surface area contributed by atoms with Crippen molar-refractivity contribution in [2.75, 3.05) is 46.6 Å². The van der Waals surface area contributed by atoms with E-state index in [9.17, 15) is 4.79 Å². The summed E-state index contributed by atoms with van der Waals surface area (Å²) in [6.07, 6.45) is 7.12. The molecule has 2 aromatic carbocycles. The van der Waals surface area contributed by atoms with Crippen LogP contribution in [0.5, 0.6) is 11.5 Å². The summed E-state index contributed by atoms with van der Waals surface area (Å²) in [6.45, 7) is 5.22. The van der Waals surface area contributed by atoms with Crippen LogP contribution in [-0.2, 0) is 24.9 Å². The molecule has 0 aliphatic carbocycles. The molecular weight excluding hydrogens is 496 g/mol. The molecule has 39 heavy (non-hydrogen) atoms. The topological polar surface area (TPSA) is 86.9 Å². The molecule has 2 aliphatic heterocycles. The molecule has 6 rings (SSSR count). The predicted octanol–water partition coefficient (Wildman–Crippen LogP) is 3.15. The molecule has 202 valence electrons. The van der Waals surface area contributed by atoms with Crippen molar-refractivity contribution >= 4 is 5.91 Å². The van der Waals surface area contributed by atoms with Gasteiger partial charge in [0.15, 0.2) is 11.5 Å². The van der Waals surface area contributed by atoms with E-state index in [0.717, 1.165) is 55.5 Å². The Morgan fingerprint density at radius 3 is 2.74 bits per heavy atom. The summed E-state index contributed by atoms with van der Waals surface area (Å²) >= 11 is 0. The first kappa shape index (κ1) is 25.1. The number of nitrogens with zero attached hydrogens (tertiary/aromatic N) is 6. The van der Waals surface area contributed by atoms with E-state index in [-0.39, 0.29) is 5.91 Å². The summed E-state index contributed by atoms with van der Waals surface area (Å²) in [5, 5.41) is 4.21. The standard InChI is InChI=1S/C29H32N6O4/c1-32-20-24(17-31-32)29(36)34-9-12-39-27-16-23(3-4-26(27)37-2)28-30-5-6-35(28)25-14-21(13-22(15-25)19-34)18-33-7-10-38-11-8-33/h3-6,13-17,20H,7-12,18-19H2,1-2H3. The van der Waals surface area contributed by atoms with Crippen molar-refractivity contribution in [2.45, 2.75) is 13.1 Å². The van der Waals surface area contributed by atoms with Gasteiger partial charge in [-0.3, -0.25) is 18.9 Å². The van der Waals surface area contributed by atoms with Crippen molar-refractivity contribution in [3.63, 3.8) is 0 Å². The molecule has 10 heteroatoms. The van der Waals surface area contributed by atoms with Crippen LogP contribution in [0.2, 0.25) is 0 Å². The van der Waals surface area contributed by atoms with Crippen LogP contribution in [0.25, 0.3) is 17.1 Å². The van der Waals surface area contributed by atoms with Crippen LogP contribution in [-0.4, -0.2) is 81.6 Å². The highest BCUT2D eigenvalue weighted by Gasteiger charge is 2.21. The maximum Gasteiger partial charge on any atom is 0.257 e. The van der Waals surface area contributed by atoms with Crippen LogP contribution in [0, 0.1) is 0 Å². The minimum Gasteiger partial charge on any atom is -0.493 e. The molecule has 1 saturated heterocycles. The minimum absolute atomic E-state index is 0.0919. The third-order valence-electron chi connectivity index (χ3n) is 7.12. The highest BCUT2D eigenvalue weighted by atomic mass is 16.5. The van der Waals surface area contributed by atoms with Crippen LogP contribution in [0.1, 0.15) is 21.5 Å². The molecule has 2 aliphatic rings. The number of rotatable bonds is 4. The fraction of sp³-hybridized carbons (Fsp3) is 0.345. The number of carbonyl (C=O) groups is 1. The van der Waals surface area contributed by atoms with Crippen molar-refractivity contribution in [1.82, 2.24) is 29.1 Å². The van der Waals surface area contributed by atoms with Crippen LogP contribution >= 0.6 is 0 Å². The SMILES string of the molecule is COc1ccc2cc1OCCN(C(=O)c1cnn(C)c1)Cc1cc(CN3CCOCC3)cc(c1)-n1ccnc1-2. The first-order valence-corrected chi connectivity index (χ1v) is 13.1. The van der Waals surface area contributed by atoms with E-state index < -0.39 is 0 Å². The molecule has 4 aromatic rings. The Kier molecular flexibility index (Phi) is 7.04. The van der Waals surface area contributed by atoms with Crippen LogP contribution in [0.4, 0.5) is 0 Å². The lowest BCUT2D eigenvalue weighted by molar-refractivity contribution is 0.0341. The van der Waals surface area contributed by atoms with E-state index in [1.165, 1.54) is 5.56 Å². The van der Waals surface area contributed by atoms with E-state index in [1.807, 2.05) is 36.3 Å². The summed E-state index contributed by atoms with van der Waals surface area (Å²) in [7, 11) is 3.43. The van der Waals surface area contributed by atoms with Crippen LogP contribution in [0.15, 0.2) is 61.2 Å². The molecule has 0 spiro atoms. The molecule has 1 amide bonds. The number of aryl methyl sites for hydroxylation is 1. The van der Waals surface area contributed by atoms with Gasteiger partial charge >= 0.3 is 0 Å². The van der Waals surface area contributed by atoms with E-state index in [0.29, 0.717) is 36.8 Å². The molecule has 0 saturated carbocycles. The van der Waals surface area contributed by atoms with E-state index >= 15 is 0 Å². The zero-order valence-corrected chi connectivity index (χ0v) is 22.2.